The maximum Gasteiger partial charge on any atom is 0.223 e. The summed E-state index contributed by atoms with van der Waals surface area (Å²) in [5.74, 6) is 0. The molecule has 0 saturated heterocycles. The molecule has 0 radical (unpaired) electrons. The largest absolute Gasteiger partial charge is 0.223 e. The number of hydrogen-bond donors (Lipinski definition) is 0. The van der Waals surface area contributed by atoms with Gasteiger partial charge in [-0.2, -0.15) is 0 Å². The van der Waals surface area contributed by atoms with Crippen LogP contribution in [0.4, 0.5) is 4.39 Å². The van der Waals surface area contributed by atoms with E-state index in [-0.39, 0.29) is 0 Å². The Morgan fingerprint density at radius 2 is 2.30 bits per heavy atom. The average Bonchev–Trinajstić information content (AvgIpc) is 1.83. The number of rotatable bonds is 0. The van der Waals surface area contributed by atoms with E-state index in [2.05, 4.69) is 15.9 Å². The molecule has 0 aromatic heterocycles. The Bertz CT molecular complexity index is 198. The monoisotopic (exact) mass is 244 g/mol. The predicted molar refractivity (Wildman–Crippen MR) is 45.5 cm³/mol. The summed E-state index contributed by atoms with van der Waals surface area (Å²) in [6.07, 6.45) is 4.41. The van der Waals surface area contributed by atoms with Gasteiger partial charge >= 0.3 is 0 Å². The molecule has 1 rings (SSSR count). The molecule has 0 bridgehead atoms. The van der Waals surface area contributed by atoms with Gasteiger partial charge in [-0.15, -0.1) is 11.6 Å². The van der Waals surface area contributed by atoms with Gasteiger partial charge in [0.05, 0.1) is 0 Å². The van der Waals surface area contributed by atoms with Crippen LogP contribution >= 0.6 is 39.1 Å². The molecule has 0 heterocycles. The van der Waals surface area contributed by atoms with Crippen molar-refractivity contribution in [1.29, 1.82) is 0 Å². The number of allylic oxidation sites excluding steroid dienone is 4. The van der Waals surface area contributed by atoms with E-state index >= 15 is 0 Å². The van der Waals surface area contributed by atoms with E-state index in [4.69, 9.17) is 23.2 Å². The zero-order chi connectivity index (χ0) is 7.78. The maximum absolute atomic E-state index is 13.0. The molecule has 0 aliphatic heterocycles. The Kier molecular flexibility index (Phi) is 2.43. The molecule has 0 spiro atoms. The van der Waals surface area contributed by atoms with Gasteiger partial charge in [0.25, 0.3) is 0 Å². The first-order valence-electron chi connectivity index (χ1n) is 2.61. The summed E-state index contributed by atoms with van der Waals surface area (Å²) < 4.78 is 13.6. The van der Waals surface area contributed by atoms with Crippen molar-refractivity contribution in [3.63, 3.8) is 0 Å². The van der Waals surface area contributed by atoms with Gasteiger partial charge in [0.1, 0.15) is 5.38 Å². The van der Waals surface area contributed by atoms with Gasteiger partial charge in [0.2, 0.25) is 5.13 Å². The Morgan fingerprint density at radius 3 is 2.70 bits per heavy atom. The quantitative estimate of drug-likeness (QED) is 0.575. The van der Waals surface area contributed by atoms with Crippen LogP contribution in [0.5, 0.6) is 0 Å². The van der Waals surface area contributed by atoms with Crippen LogP contribution in [0.2, 0.25) is 0 Å². The second-order valence-corrected chi connectivity index (χ2v) is 3.88. The van der Waals surface area contributed by atoms with Crippen molar-refractivity contribution >= 4 is 39.1 Å². The van der Waals surface area contributed by atoms with Gasteiger partial charge in [0, 0.05) is 4.48 Å². The fourth-order valence-corrected chi connectivity index (χ4v) is 1.57. The van der Waals surface area contributed by atoms with Gasteiger partial charge in [0.15, 0.2) is 0 Å². The Morgan fingerprint density at radius 1 is 1.70 bits per heavy atom. The van der Waals surface area contributed by atoms with Crippen molar-refractivity contribution in [1.82, 2.24) is 0 Å². The zero-order valence-electron chi connectivity index (χ0n) is 4.82. The second kappa shape index (κ2) is 2.84. The minimum atomic E-state index is -1.95. The van der Waals surface area contributed by atoms with Crippen molar-refractivity contribution < 1.29 is 4.39 Å². The summed E-state index contributed by atoms with van der Waals surface area (Å²) in [4.78, 5) is 0. The van der Waals surface area contributed by atoms with E-state index in [9.17, 15) is 4.39 Å². The van der Waals surface area contributed by atoms with Crippen molar-refractivity contribution in [2.45, 2.75) is 10.5 Å². The normalized spacial score (nSPS) is 39.6. The molecule has 1 aliphatic rings. The van der Waals surface area contributed by atoms with Crippen LogP contribution in [0, 0.1) is 0 Å². The third kappa shape index (κ3) is 1.55. The number of alkyl halides is 3. The van der Waals surface area contributed by atoms with Crippen molar-refractivity contribution in [3.05, 3.63) is 22.7 Å². The SMILES string of the molecule is FC1(Cl)C=CC=C(Br)C1Cl. The highest BCUT2D eigenvalue weighted by molar-refractivity contribution is 9.11. The summed E-state index contributed by atoms with van der Waals surface area (Å²) in [5.41, 5.74) is 0. The Labute approximate surface area is 76.8 Å². The molecule has 0 amide bonds. The summed E-state index contributed by atoms with van der Waals surface area (Å²) in [5, 5.41) is -2.77. The Hall–Kier alpha value is 0.470. The lowest BCUT2D eigenvalue weighted by atomic mass is 10.1. The van der Waals surface area contributed by atoms with Gasteiger partial charge in [-0.25, -0.2) is 4.39 Å². The van der Waals surface area contributed by atoms with Crippen molar-refractivity contribution in [2.24, 2.45) is 0 Å². The van der Waals surface area contributed by atoms with Crippen LogP contribution in [0.15, 0.2) is 22.7 Å². The van der Waals surface area contributed by atoms with Crippen molar-refractivity contribution in [2.75, 3.05) is 0 Å². The highest BCUT2D eigenvalue weighted by atomic mass is 79.9. The van der Waals surface area contributed by atoms with Gasteiger partial charge in [-0.05, 0) is 6.08 Å². The standard InChI is InChI=1S/C6H4BrCl2F/c7-4-2-1-3-6(9,10)5(4)8/h1-3,5H. The van der Waals surface area contributed by atoms with Crippen LogP contribution in [-0.4, -0.2) is 10.5 Å². The molecule has 0 fully saturated rings. The molecule has 2 atom stereocenters. The minimum Gasteiger partial charge on any atom is -0.220 e. The lowest BCUT2D eigenvalue weighted by molar-refractivity contribution is 0.350. The first-order valence-corrected chi connectivity index (χ1v) is 4.21. The highest BCUT2D eigenvalue weighted by Crippen LogP contribution is 2.37. The Balaban J connectivity index is 2.89. The molecule has 0 aromatic carbocycles. The smallest absolute Gasteiger partial charge is 0.220 e. The number of halogens is 4. The third-order valence-corrected chi connectivity index (χ3v) is 3.15. The van der Waals surface area contributed by atoms with Crippen LogP contribution in [-0.2, 0) is 0 Å². The van der Waals surface area contributed by atoms with E-state index < -0.39 is 10.5 Å². The van der Waals surface area contributed by atoms with Crippen LogP contribution in [0.3, 0.4) is 0 Å². The summed E-state index contributed by atoms with van der Waals surface area (Å²) >= 11 is 14.0. The molecule has 0 aromatic rings. The first kappa shape index (κ1) is 8.57. The predicted octanol–water partition coefficient (Wildman–Crippen LogP) is 3.35. The van der Waals surface area contributed by atoms with Crippen LogP contribution < -0.4 is 0 Å². The van der Waals surface area contributed by atoms with Gasteiger partial charge < -0.3 is 0 Å². The molecule has 56 valence electrons. The minimum absolute atomic E-state index is 0.564. The van der Waals surface area contributed by atoms with Crippen LogP contribution in [0.1, 0.15) is 0 Å². The van der Waals surface area contributed by atoms with E-state index in [1.165, 1.54) is 12.2 Å². The fourth-order valence-electron chi connectivity index (χ4n) is 0.621. The highest BCUT2D eigenvalue weighted by Gasteiger charge is 2.36. The van der Waals surface area contributed by atoms with E-state index in [1.807, 2.05) is 0 Å². The summed E-state index contributed by atoms with van der Waals surface area (Å²) in [6.45, 7) is 0. The molecule has 4 heteroatoms. The maximum atomic E-state index is 13.0. The third-order valence-electron chi connectivity index (χ3n) is 1.15. The second-order valence-electron chi connectivity index (χ2n) is 1.95. The fraction of sp³-hybridized carbons (Fsp3) is 0.333. The van der Waals surface area contributed by atoms with Gasteiger partial charge in [-0.3, -0.25) is 0 Å². The van der Waals surface area contributed by atoms with E-state index in [0.29, 0.717) is 4.48 Å². The lowest BCUT2D eigenvalue weighted by Crippen LogP contribution is -2.27. The first-order chi connectivity index (χ1) is 4.54. The summed E-state index contributed by atoms with van der Waals surface area (Å²) in [6, 6.07) is 0. The van der Waals surface area contributed by atoms with E-state index in [1.54, 1.807) is 6.08 Å². The molecular formula is C6H4BrCl2F. The molecule has 2 unspecified atom stereocenters. The molecule has 1 aliphatic carbocycles. The molecule has 10 heavy (non-hydrogen) atoms. The summed E-state index contributed by atoms with van der Waals surface area (Å²) in [7, 11) is 0. The van der Waals surface area contributed by atoms with E-state index in [0.717, 1.165) is 0 Å². The lowest BCUT2D eigenvalue weighted by Gasteiger charge is -2.21. The number of hydrogen-bond acceptors (Lipinski definition) is 0. The van der Waals surface area contributed by atoms with Crippen LogP contribution in [0.25, 0.3) is 0 Å². The zero-order valence-corrected chi connectivity index (χ0v) is 7.92. The van der Waals surface area contributed by atoms with Gasteiger partial charge in [-0.1, -0.05) is 39.7 Å². The molecule has 0 nitrogen and oxygen atoms in total. The average molecular weight is 246 g/mol. The molecular weight excluding hydrogens is 242 g/mol. The van der Waals surface area contributed by atoms with Crippen molar-refractivity contribution in [3.8, 4) is 0 Å². The molecule has 0 N–H and O–H groups in total. The molecule has 0 saturated carbocycles. The topological polar surface area (TPSA) is 0 Å².